The summed E-state index contributed by atoms with van der Waals surface area (Å²) in [6.07, 6.45) is 5.89. The largest absolute Gasteiger partial charge is 0.632 e. The molecule has 0 amide bonds. The Morgan fingerprint density at radius 2 is 1.97 bits per heavy atom. The molecule has 5 heterocycles. The van der Waals surface area contributed by atoms with E-state index in [1.165, 1.54) is 0 Å². The first-order valence-corrected chi connectivity index (χ1v) is 11.8. The van der Waals surface area contributed by atoms with E-state index in [1.54, 1.807) is 0 Å². The summed E-state index contributed by atoms with van der Waals surface area (Å²) in [7, 11) is 2.15. The number of nitrogens with zero attached hydrogens (tertiary/aromatic N) is 7. The minimum Gasteiger partial charge on any atom is -0.632 e. The molecule has 172 valence electrons. The zero-order chi connectivity index (χ0) is 22.1. The average molecular weight is 439 g/mol. The first-order chi connectivity index (χ1) is 15.5. The number of pyridine rings is 1. The zero-order valence-electron chi connectivity index (χ0n) is 19.2. The van der Waals surface area contributed by atoms with Crippen LogP contribution in [-0.2, 0) is 13.1 Å². The Kier molecular flexibility index (Phi) is 5.88. The molecular weight excluding hydrogens is 404 g/mol. The van der Waals surface area contributed by atoms with Crippen LogP contribution in [0.15, 0.2) is 24.5 Å². The molecule has 0 bridgehead atoms. The summed E-state index contributed by atoms with van der Waals surface area (Å²) in [5, 5.41) is 17.3. The number of anilines is 3. The van der Waals surface area contributed by atoms with Crippen molar-refractivity contribution in [1.29, 1.82) is 0 Å². The molecule has 2 unspecified atom stereocenters. The highest BCUT2D eigenvalue weighted by molar-refractivity contribution is 5.52. The maximum Gasteiger partial charge on any atom is 0.224 e. The molecule has 0 radical (unpaired) electrons. The maximum atomic E-state index is 14.0. The normalized spacial score (nSPS) is 25.9. The fourth-order valence-corrected chi connectivity index (χ4v) is 5.25. The van der Waals surface area contributed by atoms with Gasteiger partial charge in [-0.2, -0.15) is 4.98 Å². The molecule has 3 aliphatic heterocycles. The minimum atomic E-state index is -0.284. The van der Waals surface area contributed by atoms with Gasteiger partial charge in [-0.05, 0) is 38.9 Å². The Morgan fingerprint density at radius 1 is 1.12 bits per heavy atom. The molecular formula is C23H34N8O. The number of hydrogen-bond acceptors (Lipinski definition) is 8. The van der Waals surface area contributed by atoms with E-state index >= 15 is 0 Å². The smallest absolute Gasteiger partial charge is 0.224 e. The van der Waals surface area contributed by atoms with Crippen molar-refractivity contribution in [2.24, 2.45) is 0 Å². The Bertz CT molecular complexity index is 930. The highest BCUT2D eigenvalue weighted by atomic mass is 16.5. The zero-order valence-corrected chi connectivity index (χ0v) is 19.2. The van der Waals surface area contributed by atoms with Crippen molar-refractivity contribution in [3.63, 3.8) is 0 Å². The van der Waals surface area contributed by atoms with Gasteiger partial charge in [-0.25, -0.2) is 9.97 Å². The van der Waals surface area contributed by atoms with Gasteiger partial charge in [0, 0.05) is 57.2 Å². The lowest BCUT2D eigenvalue weighted by molar-refractivity contribution is -0.907. The topological polar surface area (TPSA) is 83.5 Å². The number of likely N-dealkylation sites (N-methyl/N-ethyl adjacent to an activating group) is 1. The van der Waals surface area contributed by atoms with Crippen LogP contribution in [0.25, 0.3) is 0 Å². The second kappa shape index (κ2) is 8.80. The van der Waals surface area contributed by atoms with Gasteiger partial charge >= 0.3 is 0 Å². The van der Waals surface area contributed by atoms with Gasteiger partial charge in [0.05, 0.1) is 18.2 Å². The van der Waals surface area contributed by atoms with Crippen LogP contribution in [0.1, 0.15) is 30.9 Å². The van der Waals surface area contributed by atoms with Crippen LogP contribution < -0.4 is 15.1 Å². The van der Waals surface area contributed by atoms with E-state index in [2.05, 4.69) is 44.2 Å². The van der Waals surface area contributed by atoms with Crippen molar-refractivity contribution in [2.75, 3.05) is 68.0 Å². The Morgan fingerprint density at radius 3 is 2.72 bits per heavy atom. The second-order valence-corrected chi connectivity index (χ2v) is 9.43. The monoisotopic (exact) mass is 438 g/mol. The van der Waals surface area contributed by atoms with Crippen molar-refractivity contribution in [1.82, 2.24) is 19.9 Å². The van der Waals surface area contributed by atoms with Gasteiger partial charge in [-0.1, -0.05) is 0 Å². The molecule has 32 heavy (non-hydrogen) atoms. The number of hydrogen-bond donors (Lipinski definition) is 1. The predicted molar refractivity (Wildman–Crippen MR) is 126 cm³/mol. The number of rotatable bonds is 5. The van der Waals surface area contributed by atoms with Crippen molar-refractivity contribution >= 4 is 17.6 Å². The van der Waals surface area contributed by atoms with Gasteiger partial charge in [0.15, 0.2) is 0 Å². The molecule has 0 aromatic carbocycles. The third-order valence-corrected chi connectivity index (χ3v) is 6.93. The van der Waals surface area contributed by atoms with Gasteiger partial charge in [-0.3, -0.25) is 0 Å². The SMILES string of the molecule is CCNc1ncc2c(n1)N1CCCC1C[N+]([O-])(Cc1ccc(N3CCN(C)CC3)nc1)C2. The molecule has 0 aliphatic carbocycles. The summed E-state index contributed by atoms with van der Waals surface area (Å²) in [5.41, 5.74) is 1.95. The van der Waals surface area contributed by atoms with Crippen LogP contribution in [0.5, 0.6) is 0 Å². The van der Waals surface area contributed by atoms with E-state index in [4.69, 9.17) is 9.97 Å². The molecule has 9 heteroatoms. The first kappa shape index (κ1) is 21.4. The third kappa shape index (κ3) is 4.37. The Balaban J connectivity index is 1.35. The van der Waals surface area contributed by atoms with Gasteiger partial charge in [0.2, 0.25) is 5.95 Å². The van der Waals surface area contributed by atoms with Gasteiger partial charge in [-0.15, -0.1) is 0 Å². The maximum absolute atomic E-state index is 14.0. The Labute approximate surface area is 190 Å². The molecule has 1 N–H and O–H groups in total. The van der Waals surface area contributed by atoms with Crippen molar-refractivity contribution < 1.29 is 4.65 Å². The van der Waals surface area contributed by atoms with Crippen LogP contribution in [0, 0.1) is 5.21 Å². The van der Waals surface area contributed by atoms with E-state index in [1.807, 2.05) is 19.3 Å². The molecule has 2 saturated heterocycles. The van der Waals surface area contributed by atoms with E-state index in [0.717, 1.165) is 74.9 Å². The summed E-state index contributed by atoms with van der Waals surface area (Å²) < 4.78 is -0.284. The predicted octanol–water partition coefficient (Wildman–Crippen LogP) is 2.05. The number of quaternary nitrogens is 1. The number of aromatic nitrogens is 3. The van der Waals surface area contributed by atoms with Gasteiger partial charge in [0.25, 0.3) is 0 Å². The first-order valence-electron chi connectivity index (χ1n) is 11.8. The number of fused-ring (bicyclic) bond motifs is 3. The molecule has 0 saturated carbocycles. The Hall–Kier alpha value is -2.49. The molecule has 3 aliphatic rings. The van der Waals surface area contributed by atoms with Crippen LogP contribution in [0.4, 0.5) is 17.6 Å². The van der Waals surface area contributed by atoms with E-state index < -0.39 is 0 Å². The second-order valence-electron chi connectivity index (χ2n) is 9.43. The number of nitrogens with one attached hydrogen (secondary N) is 1. The molecule has 2 fully saturated rings. The molecule has 2 atom stereocenters. The lowest BCUT2D eigenvalue weighted by Gasteiger charge is -2.43. The molecule has 0 spiro atoms. The van der Waals surface area contributed by atoms with Gasteiger partial charge < -0.3 is 29.9 Å². The number of hydroxylamine groups is 3. The fourth-order valence-electron chi connectivity index (χ4n) is 5.25. The molecule has 9 nitrogen and oxygen atoms in total. The van der Waals surface area contributed by atoms with Crippen LogP contribution in [0.3, 0.4) is 0 Å². The lowest BCUT2D eigenvalue weighted by Crippen LogP contribution is -2.47. The van der Waals surface area contributed by atoms with E-state index in [0.29, 0.717) is 25.6 Å². The van der Waals surface area contributed by atoms with Gasteiger partial charge in [0.1, 0.15) is 24.7 Å². The summed E-state index contributed by atoms with van der Waals surface area (Å²) in [4.78, 5) is 20.9. The summed E-state index contributed by atoms with van der Waals surface area (Å²) in [5.74, 6) is 2.59. The number of piperazine rings is 1. The fraction of sp³-hybridized carbons (Fsp3) is 0.609. The quantitative estimate of drug-likeness (QED) is 0.561. The van der Waals surface area contributed by atoms with Crippen LogP contribution in [0.2, 0.25) is 0 Å². The standard InChI is InChI=1S/C23H34N8O/c1-3-24-23-26-14-19-16-31(32,17-20-5-4-8-30(20)22(19)27-23)15-18-6-7-21(25-13-18)29-11-9-28(2)10-12-29/h6-7,13-14,20H,3-5,8-12,15-17H2,1-2H3,(H,24,26,27). The summed E-state index contributed by atoms with van der Waals surface area (Å²) in [6, 6.07) is 4.39. The minimum absolute atomic E-state index is 0.232. The van der Waals surface area contributed by atoms with Crippen molar-refractivity contribution in [3.8, 4) is 0 Å². The summed E-state index contributed by atoms with van der Waals surface area (Å²) >= 11 is 0. The van der Waals surface area contributed by atoms with Crippen LogP contribution >= 0.6 is 0 Å². The average Bonchev–Trinajstić information content (AvgIpc) is 3.19. The molecule has 5 rings (SSSR count). The third-order valence-electron chi connectivity index (χ3n) is 6.93. The highest BCUT2D eigenvalue weighted by Crippen LogP contribution is 2.35. The molecule has 2 aromatic rings. The lowest BCUT2D eigenvalue weighted by atomic mass is 10.1. The van der Waals surface area contributed by atoms with E-state index in [9.17, 15) is 5.21 Å². The highest BCUT2D eigenvalue weighted by Gasteiger charge is 2.38. The van der Waals surface area contributed by atoms with Crippen molar-refractivity contribution in [3.05, 3.63) is 40.9 Å². The summed E-state index contributed by atoms with van der Waals surface area (Å²) in [6.45, 7) is 9.27. The molecule has 2 aromatic heterocycles. The van der Waals surface area contributed by atoms with E-state index in [-0.39, 0.29) is 10.7 Å². The van der Waals surface area contributed by atoms with Crippen LogP contribution in [-0.4, -0.2) is 83.4 Å². The van der Waals surface area contributed by atoms with Crippen molar-refractivity contribution in [2.45, 2.75) is 38.9 Å².